The van der Waals surface area contributed by atoms with Gasteiger partial charge in [0, 0.05) is 31.5 Å². The summed E-state index contributed by atoms with van der Waals surface area (Å²) in [5.74, 6) is 0.330. The minimum absolute atomic E-state index is 0.188. The van der Waals surface area contributed by atoms with Crippen LogP contribution in [0.2, 0.25) is 0 Å². The van der Waals surface area contributed by atoms with Gasteiger partial charge in [0.2, 0.25) is 0 Å². The average Bonchev–Trinajstić information content (AvgIpc) is 3.49. The van der Waals surface area contributed by atoms with Crippen LogP contribution in [0.1, 0.15) is 27.9 Å². The second-order valence-electron chi connectivity index (χ2n) is 8.15. The number of likely N-dealkylation sites (tertiary alicyclic amines) is 1. The van der Waals surface area contributed by atoms with Crippen molar-refractivity contribution in [2.45, 2.75) is 32.0 Å². The van der Waals surface area contributed by atoms with Gasteiger partial charge < -0.3 is 14.8 Å². The van der Waals surface area contributed by atoms with Crippen molar-refractivity contribution in [3.05, 3.63) is 77.6 Å². The maximum atomic E-state index is 13.1. The summed E-state index contributed by atoms with van der Waals surface area (Å²) in [5.41, 5.74) is 3.33. The molecule has 1 amide bonds. The van der Waals surface area contributed by atoms with Gasteiger partial charge in [0.15, 0.2) is 0 Å². The smallest absolute Gasteiger partial charge is 0.323 e. The summed E-state index contributed by atoms with van der Waals surface area (Å²) in [6, 6.07) is 14.5. The summed E-state index contributed by atoms with van der Waals surface area (Å²) >= 11 is 0. The lowest BCUT2D eigenvalue weighted by atomic mass is 10.1. The predicted octanol–water partition coefficient (Wildman–Crippen LogP) is 2.74. The molecular formula is C25H28N4O4. The molecule has 8 nitrogen and oxygen atoms in total. The van der Waals surface area contributed by atoms with Crippen molar-refractivity contribution < 1.29 is 19.1 Å². The topological polar surface area (TPSA) is 85.7 Å². The third-order valence-electron chi connectivity index (χ3n) is 5.96. The second kappa shape index (κ2) is 9.87. The number of hydrogen-bond donors (Lipinski definition) is 1. The molecule has 0 saturated carbocycles. The van der Waals surface area contributed by atoms with Crippen LogP contribution in [0.25, 0.3) is 5.69 Å². The highest BCUT2D eigenvalue weighted by Crippen LogP contribution is 2.25. The summed E-state index contributed by atoms with van der Waals surface area (Å²) in [4.78, 5) is 27.7. The number of amides is 1. The van der Waals surface area contributed by atoms with Crippen LogP contribution in [0.15, 0.2) is 60.9 Å². The Morgan fingerprint density at radius 1 is 1.15 bits per heavy atom. The van der Waals surface area contributed by atoms with Gasteiger partial charge in [-0.3, -0.25) is 14.5 Å². The Hall–Kier alpha value is -3.65. The van der Waals surface area contributed by atoms with Gasteiger partial charge in [-0.25, -0.2) is 4.68 Å². The Morgan fingerprint density at radius 2 is 1.97 bits per heavy atom. The number of methoxy groups -OCH3 is 2. The van der Waals surface area contributed by atoms with Crippen molar-refractivity contribution in [3.63, 3.8) is 0 Å². The zero-order valence-corrected chi connectivity index (χ0v) is 19.0. The molecule has 33 heavy (non-hydrogen) atoms. The number of para-hydroxylation sites is 1. The molecule has 2 aromatic carbocycles. The number of rotatable bonds is 7. The molecule has 3 aromatic rings. The van der Waals surface area contributed by atoms with Gasteiger partial charge in [-0.2, -0.15) is 5.10 Å². The maximum absolute atomic E-state index is 13.1. The first-order valence-corrected chi connectivity index (χ1v) is 10.9. The van der Waals surface area contributed by atoms with Crippen LogP contribution in [0.4, 0.5) is 0 Å². The van der Waals surface area contributed by atoms with E-state index < -0.39 is 6.04 Å². The summed E-state index contributed by atoms with van der Waals surface area (Å²) in [7, 11) is 3.04. The van der Waals surface area contributed by atoms with E-state index in [1.807, 2.05) is 43.3 Å². The van der Waals surface area contributed by atoms with E-state index in [4.69, 9.17) is 9.47 Å². The van der Waals surface area contributed by atoms with Crippen LogP contribution in [-0.2, 0) is 16.1 Å². The average molecular weight is 449 g/mol. The monoisotopic (exact) mass is 448 g/mol. The second-order valence-corrected chi connectivity index (χ2v) is 8.15. The van der Waals surface area contributed by atoms with Crippen molar-refractivity contribution in [3.8, 4) is 11.4 Å². The number of aromatic nitrogens is 2. The number of esters is 1. The molecule has 8 heteroatoms. The number of hydrogen-bond acceptors (Lipinski definition) is 6. The first-order valence-electron chi connectivity index (χ1n) is 10.9. The minimum Gasteiger partial charge on any atom is -0.496 e. The number of aryl methyl sites for hydroxylation is 1. The highest BCUT2D eigenvalue weighted by atomic mass is 16.5. The number of nitrogens with one attached hydrogen (secondary N) is 1. The van der Waals surface area contributed by atoms with Crippen molar-refractivity contribution in [1.29, 1.82) is 0 Å². The van der Waals surface area contributed by atoms with Crippen molar-refractivity contribution in [2.24, 2.45) is 0 Å². The van der Waals surface area contributed by atoms with E-state index in [0.29, 0.717) is 30.8 Å². The molecule has 1 saturated heterocycles. The fourth-order valence-electron chi connectivity index (χ4n) is 4.38. The van der Waals surface area contributed by atoms with E-state index in [2.05, 4.69) is 21.4 Å². The SMILES string of the molecule is COC(=O)[C@@H]1C[C@@H](NC(=O)c2ccccc2-n2cccn2)CN1Cc1ccc(OC)c(C)c1. The van der Waals surface area contributed by atoms with E-state index >= 15 is 0 Å². The number of ether oxygens (including phenoxy) is 2. The van der Waals surface area contributed by atoms with Crippen LogP contribution in [-0.4, -0.2) is 59.4 Å². The third-order valence-corrected chi connectivity index (χ3v) is 5.96. The molecule has 1 N–H and O–H groups in total. The van der Waals surface area contributed by atoms with Crippen LogP contribution in [0.3, 0.4) is 0 Å². The third kappa shape index (κ3) is 4.90. The molecule has 0 spiro atoms. The van der Waals surface area contributed by atoms with E-state index in [-0.39, 0.29) is 17.9 Å². The van der Waals surface area contributed by atoms with Crippen molar-refractivity contribution in [1.82, 2.24) is 20.0 Å². The molecule has 0 unspecified atom stereocenters. The first-order chi connectivity index (χ1) is 16.0. The predicted molar refractivity (Wildman–Crippen MR) is 123 cm³/mol. The zero-order chi connectivity index (χ0) is 23.4. The molecular weight excluding hydrogens is 420 g/mol. The van der Waals surface area contributed by atoms with Gasteiger partial charge >= 0.3 is 5.97 Å². The molecule has 172 valence electrons. The highest BCUT2D eigenvalue weighted by molar-refractivity contribution is 5.98. The quantitative estimate of drug-likeness (QED) is 0.560. The Labute approximate surface area is 193 Å². The molecule has 0 bridgehead atoms. The maximum Gasteiger partial charge on any atom is 0.323 e. The van der Waals surface area contributed by atoms with Crippen LogP contribution < -0.4 is 10.1 Å². The number of carbonyl (C=O) groups is 2. The fraction of sp³-hybridized carbons (Fsp3) is 0.320. The molecule has 1 aliphatic heterocycles. The number of nitrogens with zero attached hydrogens (tertiary/aromatic N) is 3. The summed E-state index contributed by atoms with van der Waals surface area (Å²) in [6.07, 6.45) is 3.95. The number of carbonyl (C=O) groups excluding carboxylic acids is 2. The lowest BCUT2D eigenvalue weighted by Crippen LogP contribution is -2.38. The molecule has 1 aliphatic rings. The lowest BCUT2D eigenvalue weighted by Gasteiger charge is -2.22. The minimum atomic E-state index is -0.427. The van der Waals surface area contributed by atoms with Crippen LogP contribution in [0, 0.1) is 6.92 Å². The lowest BCUT2D eigenvalue weighted by molar-refractivity contribution is -0.146. The Balaban J connectivity index is 1.50. The molecule has 0 aliphatic carbocycles. The van der Waals surface area contributed by atoms with Gasteiger partial charge in [0.25, 0.3) is 5.91 Å². The van der Waals surface area contributed by atoms with Crippen molar-refractivity contribution in [2.75, 3.05) is 20.8 Å². The van der Waals surface area contributed by atoms with E-state index in [1.54, 1.807) is 30.3 Å². The highest BCUT2D eigenvalue weighted by Gasteiger charge is 2.38. The largest absolute Gasteiger partial charge is 0.496 e. The van der Waals surface area contributed by atoms with Crippen LogP contribution >= 0.6 is 0 Å². The van der Waals surface area contributed by atoms with Gasteiger partial charge in [-0.05, 0) is 48.7 Å². The molecule has 4 rings (SSSR count). The summed E-state index contributed by atoms with van der Waals surface area (Å²) in [6.45, 7) is 3.10. The summed E-state index contributed by atoms with van der Waals surface area (Å²) in [5, 5.41) is 7.35. The molecule has 2 atom stereocenters. The molecule has 1 fully saturated rings. The molecule has 0 radical (unpaired) electrons. The normalized spacial score (nSPS) is 18.2. The Morgan fingerprint density at radius 3 is 2.67 bits per heavy atom. The molecule has 1 aromatic heterocycles. The number of benzene rings is 2. The van der Waals surface area contributed by atoms with E-state index in [0.717, 1.165) is 16.9 Å². The van der Waals surface area contributed by atoms with Crippen molar-refractivity contribution >= 4 is 11.9 Å². The fourth-order valence-corrected chi connectivity index (χ4v) is 4.38. The summed E-state index contributed by atoms with van der Waals surface area (Å²) < 4.78 is 12.1. The Kier molecular flexibility index (Phi) is 6.74. The van der Waals surface area contributed by atoms with Crippen LogP contribution in [0.5, 0.6) is 5.75 Å². The standard InChI is InChI=1S/C25H28N4O4/c1-17-13-18(9-10-23(17)32-2)15-28-16-19(14-22(28)25(31)33-3)27-24(30)20-7-4-5-8-21(20)29-12-6-11-26-29/h4-13,19,22H,14-16H2,1-3H3,(H,27,30)/t19-,22+/m1/s1. The van der Waals surface area contributed by atoms with E-state index in [1.165, 1.54) is 7.11 Å². The Bertz CT molecular complexity index is 1130. The van der Waals surface area contributed by atoms with Gasteiger partial charge in [0.05, 0.1) is 25.5 Å². The van der Waals surface area contributed by atoms with Gasteiger partial charge in [-0.1, -0.05) is 24.3 Å². The van der Waals surface area contributed by atoms with Gasteiger partial charge in [0.1, 0.15) is 11.8 Å². The molecule has 2 heterocycles. The zero-order valence-electron chi connectivity index (χ0n) is 19.0. The van der Waals surface area contributed by atoms with E-state index in [9.17, 15) is 9.59 Å². The van der Waals surface area contributed by atoms with Gasteiger partial charge in [-0.15, -0.1) is 0 Å². The first kappa shape index (κ1) is 22.5.